The van der Waals surface area contributed by atoms with Gasteiger partial charge in [0.25, 0.3) is 15.6 Å². The van der Waals surface area contributed by atoms with Crippen LogP contribution < -0.4 is 16.0 Å². The monoisotopic (exact) mass is 329 g/mol. The molecule has 0 radical (unpaired) electrons. The Morgan fingerprint density at radius 3 is 2.24 bits per heavy atom. The van der Waals surface area contributed by atoms with E-state index >= 15 is 0 Å². The summed E-state index contributed by atoms with van der Waals surface area (Å²) in [5, 5.41) is 0.455. The van der Waals surface area contributed by atoms with Crippen molar-refractivity contribution in [1.29, 1.82) is 0 Å². The number of anilines is 1. The van der Waals surface area contributed by atoms with Crippen LogP contribution in [0.3, 0.4) is 0 Å². The maximum atomic E-state index is 12.3. The van der Waals surface area contributed by atoms with Crippen LogP contribution in [0.1, 0.15) is 0 Å². The van der Waals surface area contributed by atoms with E-state index in [0.717, 1.165) is 15.3 Å². The van der Waals surface area contributed by atoms with Gasteiger partial charge in [-0.3, -0.25) is 14.1 Å². The van der Waals surface area contributed by atoms with E-state index in [9.17, 15) is 18.0 Å². The van der Waals surface area contributed by atoms with Crippen molar-refractivity contribution >= 4 is 27.3 Å². The molecule has 21 heavy (non-hydrogen) atoms. The number of rotatable bonds is 3. The molecule has 0 aliphatic carbocycles. The van der Waals surface area contributed by atoms with E-state index in [4.69, 9.17) is 11.6 Å². The van der Waals surface area contributed by atoms with Crippen molar-refractivity contribution in [3.63, 3.8) is 0 Å². The number of nitrogens with zero attached hydrogens (tertiary/aromatic N) is 2. The average Bonchev–Trinajstić information content (AvgIpc) is 2.42. The molecule has 0 spiro atoms. The van der Waals surface area contributed by atoms with Crippen LogP contribution >= 0.6 is 11.6 Å². The van der Waals surface area contributed by atoms with E-state index in [0.29, 0.717) is 5.02 Å². The van der Waals surface area contributed by atoms with Crippen LogP contribution in [0.2, 0.25) is 5.02 Å². The number of sulfonamides is 1. The molecular formula is C12H12ClN3O4S. The highest BCUT2D eigenvalue weighted by molar-refractivity contribution is 7.92. The zero-order valence-corrected chi connectivity index (χ0v) is 12.8. The first kappa shape index (κ1) is 15.3. The predicted octanol–water partition coefficient (Wildman–Crippen LogP) is 0.538. The Morgan fingerprint density at radius 2 is 1.67 bits per heavy atom. The molecule has 1 N–H and O–H groups in total. The van der Waals surface area contributed by atoms with Crippen molar-refractivity contribution in [2.24, 2.45) is 14.1 Å². The summed E-state index contributed by atoms with van der Waals surface area (Å²) in [6, 6.07) is 5.95. The Hall–Kier alpha value is -2.06. The third kappa shape index (κ3) is 3.01. The smallest absolute Gasteiger partial charge is 0.302 e. The first-order valence-corrected chi connectivity index (χ1v) is 7.63. The Morgan fingerprint density at radius 1 is 1.10 bits per heavy atom. The fourth-order valence-electron chi connectivity index (χ4n) is 1.69. The number of hydrogen-bond donors (Lipinski definition) is 1. The molecule has 112 valence electrons. The molecule has 0 amide bonds. The average molecular weight is 330 g/mol. The molecule has 9 heteroatoms. The zero-order valence-electron chi connectivity index (χ0n) is 11.2. The normalized spacial score (nSPS) is 11.4. The van der Waals surface area contributed by atoms with E-state index in [1.165, 1.54) is 38.4 Å². The van der Waals surface area contributed by atoms with Crippen LogP contribution in [-0.4, -0.2) is 17.6 Å². The van der Waals surface area contributed by atoms with Gasteiger partial charge in [0.1, 0.15) is 0 Å². The van der Waals surface area contributed by atoms with Gasteiger partial charge in [0.15, 0.2) is 4.90 Å². The fraction of sp³-hybridized carbons (Fsp3) is 0.167. The van der Waals surface area contributed by atoms with Gasteiger partial charge >= 0.3 is 5.69 Å². The minimum Gasteiger partial charge on any atom is -0.302 e. The number of nitrogens with one attached hydrogen (secondary N) is 1. The van der Waals surface area contributed by atoms with Gasteiger partial charge in [-0.05, 0) is 24.3 Å². The van der Waals surface area contributed by atoms with E-state index < -0.39 is 26.2 Å². The van der Waals surface area contributed by atoms with Gasteiger partial charge in [0.2, 0.25) is 0 Å². The Bertz CT molecular complexity index is 898. The van der Waals surface area contributed by atoms with E-state index in [1.54, 1.807) is 0 Å². The van der Waals surface area contributed by atoms with Crippen LogP contribution in [0.15, 0.2) is 44.9 Å². The SMILES string of the molecule is Cn1cc(S(=O)(=O)Nc2ccc(Cl)cc2)c(=O)n(C)c1=O. The van der Waals surface area contributed by atoms with Gasteiger partial charge in [0.05, 0.1) is 0 Å². The molecule has 1 aromatic heterocycles. The van der Waals surface area contributed by atoms with E-state index in [2.05, 4.69) is 4.72 Å². The highest BCUT2D eigenvalue weighted by Crippen LogP contribution is 2.16. The Labute approximate surface area is 125 Å². The first-order chi connectivity index (χ1) is 9.72. The molecule has 1 heterocycles. The van der Waals surface area contributed by atoms with Crippen molar-refractivity contribution in [3.05, 3.63) is 56.3 Å². The second-order valence-corrected chi connectivity index (χ2v) is 6.45. The highest BCUT2D eigenvalue weighted by atomic mass is 35.5. The lowest BCUT2D eigenvalue weighted by Crippen LogP contribution is -2.40. The number of halogens is 1. The third-order valence-electron chi connectivity index (χ3n) is 2.80. The Balaban J connectivity index is 2.53. The maximum Gasteiger partial charge on any atom is 0.330 e. The van der Waals surface area contributed by atoms with Gasteiger partial charge in [0, 0.05) is 31.0 Å². The second-order valence-electron chi connectivity index (χ2n) is 4.36. The van der Waals surface area contributed by atoms with Crippen LogP contribution in [0.5, 0.6) is 0 Å². The van der Waals surface area contributed by atoms with Crippen LogP contribution in [-0.2, 0) is 24.1 Å². The van der Waals surface area contributed by atoms with Gasteiger partial charge in [-0.1, -0.05) is 11.6 Å². The number of aryl methyl sites for hydroxylation is 1. The Kier molecular flexibility index (Phi) is 3.93. The molecule has 7 nitrogen and oxygen atoms in total. The summed E-state index contributed by atoms with van der Waals surface area (Å²) in [6.07, 6.45) is 0.989. The zero-order chi connectivity index (χ0) is 15.8. The summed E-state index contributed by atoms with van der Waals surface area (Å²) in [7, 11) is -1.53. The van der Waals surface area contributed by atoms with Gasteiger partial charge in [-0.25, -0.2) is 13.2 Å². The topological polar surface area (TPSA) is 90.2 Å². The van der Waals surface area contributed by atoms with Gasteiger partial charge < -0.3 is 4.57 Å². The summed E-state index contributed by atoms with van der Waals surface area (Å²) >= 11 is 5.72. The summed E-state index contributed by atoms with van der Waals surface area (Å²) < 4.78 is 28.5. The standard InChI is InChI=1S/C12H12ClN3O4S/c1-15-7-10(11(17)16(2)12(15)18)21(19,20)14-9-5-3-8(13)4-6-9/h3-7,14H,1-2H3. The molecule has 0 atom stereocenters. The number of benzene rings is 1. The third-order valence-corrected chi connectivity index (χ3v) is 4.42. The van der Waals surface area contributed by atoms with Crippen molar-refractivity contribution in [2.45, 2.75) is 4.90 Å². The van der Waals surface area contributed by atoms with Gasteiger partial charge in [-0.15, -0.1) is 0 Å². The highest BCUT2D eigenvalue weighted by Gasteiger charge is 2.21. The molecule has 0 aliphatic heterocycles. The molecular weight excluding hydrogens is 318 g/mol. The van der Waals surface area contributed by atoms with Crippen LogP contribution in [0.4, 0.5) is 5.69 Å². The van der Waals surface area contributed by atoms with E-state index in [1.807, 2.05) is 0 Å². The van der Waals surface area contributed by atoms with Gasteiger partial charge in [-0.2, -0.15) is 0 Å². The minimum absolute atomic E-state index is 0.260. The summed E-state index contributed by atoms with van der Waals surface area (Å²) in [4.78, 5) is 23.0. The molecule has 0 saturated heterocycles. The summed E-state index contributed by atoms with van der Waals surface area (Å²) in [5.41, 5.74) is -1.24. The maximum absolute atomic E-state index is 12.3. The molecule has 0 unspecified atom stereocenters. The lowest BCUT2D eigenvalue weighted by atomic mass is 10.3. The van der Waals surface area contributed by atoms with Crippen molar-refractivity contribution in [3.8, 4) is 0 Å². The molecule has 0 bridgehead atoms. The van der Waals surface area contributed by atoms with Crippen molar-refractivity contribution < 1.29 is 8.42 Å². The molecule has 2 rings (SSSR count). The molecule has 1 aromatic carbocycles. The van der Waals surface area contributed by atoms with E-state index in [-0.39, 0.29) is 5.69 Å². The molecule has 0 aliphatic rings. The van der Waals surface area contributed by atoms with Crippen molar-refractivity contribution in [2.75, 3.05) is 4.72 Å². The lowest BCUT2D eigenvalue weighted by Gasteiger charge is -2.10. The quantitative estimate of drug-likeness (QED) is 0.889. The van der Waals surface area contributed by atoms with Crippen LogP contribution in [0, 0.1) is 0 Å². The number of hydrogen-bond acceptors (Lipinski definition) is 4. The molecule has 0 fully saturated rings. The second kappa shape index (κ2) is 5.38. The number of aromatic nitrogens is 2. The molecule has 0 saturated carbocycles. The molecule has 2 aromatic rings. The predicted molar refractivity (Wildman–Crippen MR) is 79.2 cm³/mol. The largest absolute Gasteiger partial charge is 0.330 e. The first-order valence-electron chi connectivity index (χ1n) is 5.77. The minimum atomic E-state index is -4.10. The summed E-state index contributed by atoms with van der Waals surface area (Å²) in [5.74, 6) is 0. The summed E-state index contributed by atoms with van der Waals surface area (Å²) in [6.45, 7) is 0. The van der Waals surface area contributed by atoms with Crippen molar-refractivity contribution in [1.82, 2.24) is 9.13 Å². The fourth-order valence-corrected chi connectivity index (χ4v) is 3.03. The van der Waals surface area contributed by atoms with Crippen LogP contribution in [0.25, 0.3) is 0 Å². The lowest BCUT2D eigenvalue weighted by molar-refractivity contribution is 0.589.